The first-order valence-corrected chi connectivity index (χ1v) is 7.49. The van der Waals surface area contributed by atoms with Crippen LogP contribution in [0.4, 0.5) is 17.5 Å². The number of hydrogen-bond donors (Lipinski definition) is 2. The van der Waals surface area contributed by atoms with Crippen LogP contribution in [0.2, 0.25) is 0 Å². The van der Waals surface area contributed by atoms with Gasteiger partial charge in [0.25, 0.3) is 0 Å². The molecule has 0 aliphatic heterocycles. The molecule has 19 heavy (non-hydrogen) atoms. The van der Waals surface area contributed by atoms with Crippen LogP contribution in [0.1, 0.15) is 12.6 Å². The SMILES string of the molecule is CCNc1nc(C)cc(Nc2c(Br)cccc2Br)n1. The maximum absolute atomic E-state index is 4.43. The fourth-order valence-electron chi connectivity index (χ4n) is 1.62. The minimum absolute atomic E-state index is 0.633. The summed E-state index contributed by atoms with van der Waals surface area (Å²) in [5.41, 5.74) is 1.86. The van der Waals surface area contributed by atoms with Gasteiger partial charge in [0, 0.05) is 27.3 Å². The van der Waals surface area contributed by atoms with Crippen LogP contribution in [0, 0.1) is 6.92 Å². The fraction of sp³-hybridized carbons (Fsp3) is 0.231. The Morgan fingerprint density at radius 3 is 2.47 bits per heavy atom. The van der Waals surface area contributed by atoms with Crippen molar-refractivity contribution >= 4 is 49.3 Å². The molecule has 1 heterocycles. The largest absolute Gasteiger partial charge is 0.354 e. The zero-order valence-electron chi connectivity index (χ0n) is 10.7. The van der Waals surface area contributed by atoms with Crippen molar-refractivity contribution in [2.45, 2.75) is 13.8 Å². The molecular weight excluding hydrogens is 372 g/mol. The smallest absolute Gasteiger partial charge is 0.224 e. The van der Waals surface area contributed by atoms with Gasteiger partial charge >= 0.3 is 0 Å². The Labute approximate surface area is 129 Å². The number of para-hydroxylation sites is 1. The van der Waals surface area contributed by atoms with Crippen LogP contribution >= 0.6 is 31.9 Å². The average Bonchev–Trinajstić information content (AvgIpc) is 2.34. The van der Waals surface area contributed by atoms with Gasteiger partial charge in [-0.05, 0) is 57.8 Å². The Kier molecular flexibility index (Phi) is 4.76. The van der Waals surface area contributed by atoms with Crippen molar-refractivity contribution in [2.24, 2.45) is 0 Å². The second kappa shape index (κ2) is 6.34. The molecule has 2 rings (SSSR count). The molecule has 0 saturated carbocycles. The van der Waals surface area contributed by atoms with Gasteiger partial charge in [-0.25, -0.2) is 4.98 Å². The number of nitrogens with one attached hydrogen (secondary N) is 2. The van der Waals surface area contributed by atoms with Gasteiger partial charge in [0.05, 0.1) is 5.69 Å². The summed E-state index contributed by atoms with van der Waals surface area (Å²) in [5, 5.41) is 6.41. The highest BCUT2D eigenvalue weighted by molar-refractivity contribution is 9.11. The van der Waals surface area contributed by atoms with E-state index in [0.717, 1.165) is 32.7 Å². The molecule has 0 amide bonds. The van der Waals surface area contributed by atoms with Crippen LogP contribution in [0.25, 0.3) is 0 Å². The third-order valence-corrected chi connectivity index (χ3v) is 3.73. The van der Waals surface area contributed by atoms with Crippen LogP contribution in [-0.2, 0) is 0 Å². The van der Waals surface area contributed by atoms with E-state index in [1.165, 1.54) is 0 Å². The predicted octanol–water partition coefficient (Wildman–Crippen LogP) is 4.49. The monoisotopic (exact) mass is 384 g/mol. The number of aromatic nitrogens is 2. The van der Waals surface area contributed by atoms with Gasteiger partial charge in [0.2, 0.25) is 5.95 Å². The van der Waals surface area contributed by atoms with Crippen molar-refractivity contribution in [2.75, 3.05) is 17.2 Å². The summed E-state index contributed by atoms with van der Waals surface area (Å²) >= 11 is 7.04. The van der Waals surface area contributed by atoms with Crippen molar-refractivity contribution in [1.29, 1.82) is 0 Å². The molecule has 0 saturated heterocycles. The molecule has 6 heteroatoms. The molecule has 0 aliphatic carbocycles. The summed E-state index contributed by atoms with van der Waals surface area (Å²) < 4.78 is 1.95. The normalized spacial score (nSPS) is 10.3. The first-order chi connectivity index (χ1) is 9.10. The zero-order valence-corrected chi connectivity index (χ0v) is 13.8. The summed E-state index contributed by atoms with van der Waals surface area (Å²) in [4.78, 5) is 8.75. The second-order valence-corrected chi connectivity index (χ2v) is 5.68. The summed E-state index contributed by atoms with van der Waals surface area (Å²) in [6, 6.07) is 7.83. The van der Waals surface area contributed by atoms with E-state index in [2.05, 4.69) is 52.5 Å². The maximum Gasteiger partial charge on any atom is 0.224 e. The van der Waals surface area contributed by atoms with Crippen LogP contribution < -0.4 is 10.6 Å². The quantitative estimate of drug-likeness (QED) is 0.814. The molecule has 1 aromatic carbocycles. The maximum atomic E-state index is 4.43. The molecule has 0 atom stereocenters. The minimum atomic E-state index is 0.633. The molecule has 2 N–H and O–H groups in total. The van der Waals surface area contributed by atoms with E-state index < -0.39 is 0 Å². The van der Waals surface area contributed by atoms with Crippen molar-refractivity contribution in [1.82, 2.24) is 9.97 Å². The van der Waals surface area contributed by atoms with Crippen LogP contribution in [0.5, 0.6) is 0 Å². The molecule has 0 radical (unpaired) electrons. The molecule has 0 unspecified atom stereocenters. The van der Waals surface area contributed by atoms with Crippen molar-refractivity contribution in [3.8, 4) is 0 Å². The summed E-state index contributed by atoms with van der Waals surface area (Å²) in [6.07, 6.45) is 0. The summed E-state index contributed by atoms with van der Waals surface area (Å²) in [7, 11) is 0. The summed E-state index contributed by atoms with van der Waals surface area (Å²) in [6.45, 7) is 4.76. The Morgan fingerprint density at radius 1 is 1.16 bits per heavy atom. The molecule has 0 aliphatic rings. The molecule has 0 fully saturated rings. The number of nitrogens with zero attached hydrogens (tertiary/aromatic N) is 2. The average molecular weight is 386 g/mol. The van der Waals surface area contributed by atoms with Crippen LogP contribution in [0.3, 0.4) is 0 Å². The Morgan fingerprint density at radius 2 is 1.84 bits per heavy atom. The molecule has 1 aromatic heterocycles. The van der Waals surface area contributed by atoms with Crippen molar-refractivity contribution < 1.29 is 0 Å². The molecular formula is C13H14Br2N4. The summed E-state index contributed by atoms with van der Waals surface area (Å²) in [5.74, 6) is 1.39. The van der Waals surface area contributed by atoms with E-state index in [1.54, 1.807) is 0 Å². The first kappa shape index (κ1) is 14.3. The van der Waals surface area contributed by atoms with E-state index in [1.807, 2.05) is 38.1 Å². The van der Waals surface area contributed by atoms with Gasteiger partial charge < -0.3 is 10.6 Å². The third kappa shape index (κ3) is 3.67. The van der Waals surface area contributed by atoms with Gasteiger partial charge in [-0.15, -0.1) is 0 Å². The lowest BCUT2D eigenvalue weighted by Gasteiger charge is -2.11. The highest BCUT2D eigenvalue weighted by Crippen LogP contribution is 2.32. The Balaban J connectivity index is 2.33. The van der Waals surface area contributed by atoms with Gasteiger partial charge in [-0.1, -0.05) is 6.07 Å². The third-order valence-electron chi connectivity index (χ3n) is 2.40. The lowest BCUT2D eigenvalue weighted by molar-refractivity contribution is 1.05. The van der Waals surface area contributed by atoms with E-state index in [4.69, 9.17) is 0 Å². The number of hydrogen-bond acceptors (Lipinski definition) is 4. The van der Waals surface area contributed by atoms with Crippen molar-refractivity contribution in [3.63, 3.8) is 0 Å². The molecule has 2 aromatic rings. The number of halogens is 2. The first-order valence-electron chi connectivity index (χ1n) is 5.90. The van der Waals surface area contributed by atoms with Gasteiger partial charge in [-0.2, -0.15) is 4.98 Å². The van der Waals surface area contributed by atoms with E-state index in [0.29, 0.717) is 5.95 Å². The van der Waals surface area contributed by atoms with E-state index in [9.17, 15) is 0 Å². The van der Waals surface area contributed by atoms with Gasteiger partial charge in [0.15, 0.2) is 0 Å². The van der Waals surface area contributed by atoms with Crippen LogP contribution in [0.15, 0.2) is 33.2 Å². The minimum Gasteiger partial charge on any atom is -0.354 e. The number of benzene rings is 1. The molecule has 0 spiro atoms. The highest BCUT2D eigenvalue weighted by Gasteiger charge is 2.07. The van der Waals surface area contributed by atoms with Gasteiger partial charge in [-0.3, -0.25) is 0 Å². The highest BCUT2D eigenvalue weighted by atomic mass is 79.9. The van der Waals surface area contributed by atoms with E-state index >= 15 is 0 Å². The van der Waals surface area contributed by atoms with Crippen LogP contribution in [-0.4, -0.2) is 16.5 Å². The zero-order chi connectivity index (χ0) is 13.8. The lowest BCUT2D eigenvalue weighted by atomic mass is 10.3. The molecule has 4 nitrogen and oxygen atoms in total. The Bertz CT molecular complexity index is 567. The Hall–Kier alpha value is -1.14. The van der Waals surface area contributed by atoms with Crippen molar-refractivity contribution in [3.05, 3.63) is 38.9 Å². The fourth-order valence-corrected chi connectivity index (χ4v) is 2.81. The standard InChI is InChI=1S/C13H14Br2N4/c1-3-16-13-17-8(2)7-11(19-13)18-12-9(14)5-4-6-10(12)15/h4-7H,3H2,1-2H3,(H2,16,17,18,19). The van der Waals surface area contributed by atoms with E-state index in [-0.39, 0.29) is 0 Å². The second-order valence-electron chi connectivity index (χ2n) is 3.97. The number of anilines is 3. The lowest BCUT2D eigenvalue weighted by Crippen LogP contribution is -2.05. The predicted molar refractivity (Wildman–Crippen MR) is 86.1 cm³/mol. The number of aryl methyl sites for hydroxylation is 1. The van der Waals surface area contributed by atoms with Gasteiger partial charge in [0.1, 0.15) is 5.82 Å². The number of rotatable bonds is 4. The molecule has 0 bridgehead atoms. The molecule has 100 valence electrons. The topological polar surface area (TPSA) is 49.8 Å².